The van der Waals surface area contributed by atoms with E-state index in [0.717, 1.165) is 25.9 Å². The van der Waals surface area contributed by atoms with Gasteiger partial charge >= 0.3 is 0 Å². The van der Waals surface area contributed by atoms with Crippen molar-refractivity contribution in [2.45, 2.75) is 45.3 Å². The number of carbonyl (C=O) groups excluding carboxylic acids is 1. The molecule has 1 rings (SSSR count). The second kappa shape index (κ2) is 6.50. The van der Waals surface area contributed by atoms with E-state index in [1.165, 1.54) is 0 Å². The summed E-state index contributed by atoms with van der Waals surface area (Å²) in [5.74, 6) is 0.0692. The number of nitrogens with two attached hydrogens (primary N) is 1. The van der Waals surface area contributed by atoms with E-state index in [1.54, 1.807) is 0 Å². The number of amides is 1. The van der Waals surface area contributed by atoms with Gasteiger partial charge in [0.2, 0.25) is 5.91 Å². The maximum atomic E-state index is 12.0. The fourth-order valence-electron chi connectivity index (χ4n) is 2.34. The van der Waals surface area contributed by atoms with Crippen LogP contribution in [0.3, 0.4) is 0 Å². The maximum Gasteiger partial charge on any atom is 0.239 e. The molecule has 18 heavy (non-hydrogen) atoms. The molecule has 0 unspecified atom stereocenters. The number of β-amino-alcohol motifs (C(OH)–C–C–N with tert-alkyl or cyclic N) is 1. The smallest absolute Gasteiger partial charge is 0.239 e. The summed E-state index contributed by atoms with van der Waals surface area (Å²) in [6.45, 7) is 9.36. The number of hydrogen-bond acceptors (Lipinski definition) is 4. The molecule has 0 aromatic rings. The van der Waals surface area contributed by atoms with Gasteiger partial charge in [0.1, 0.15) is 0 Å². The average Bonchev–Trinajstić information content (AvgIpc) is 2.27. The fraction of sp³-hybridized carbons (Fsp3) is 0.923. The van der Waals surface area contributed by atoms with Crippen LogP contribution >= 0.6 is 0 Å². The summed E-state index contributed by atoms with van der Waals surface area (Å²) in [5, 5.41) is 9.76. The highest BCUT2D eigenvalue weighted by molar-refractivity contribution is 5.81. The standard InChI is InChI=1S/C13H27N3O2/c1-4-5-11(14)12(17)16-8-6-15(7-9-16)10-13(2,3)18/h11,18H,4-10,14H2,1-3H3/t11-/m1/s1. The van der Waals surface area contributed by atoms with Crippen LogP contribution in [0, 0.1) is 0 Å². The van der Waals surface area contributed by atoms with Gasteiger partial charge in [-0.25, -0.2) is 0 Å². The zero-order valence-corrected chi connectivity index (χ0v) is 11.9. The topological polar surface area (TPSA) is 69.8 Å². The molecule has 5 heteroatoms. The lowest BCUT2D eigenvalue weighted by Crippen LogP contribution is -2.55. The Hall–Kier alpha value is -0.650. The van der Waals surface area contributed by atoms with Crippen molar-refractivity contribution in [2.75, 3.05) is 32.7 Å². The lowest BCUT2D eigenvalue weighted by molar-refractivity contribution is -0.134. The quantitative estimate of drug-likeness (QED) is 0.729. The van der Waals surface area contributed by atoms with E-state index in [2.05, 4.69) is 4.90 Å². The summed E-state index contributed by atoms with van der Waals surface area (Å²) >= 11 is 0. The Labute approximate surface area is 110 Å². The third kappa shape index (κ3) is 4.92. The van der Waals surface area contributed by atoms with E-state index in [-0.39, 0.29) is 11.9 Å². The Kier molecular flexibility index (Phi) is 5.56. The molecule has 0 spiro atoms. The van der Waals surface area contributed by atoms with E-state index in [0.29, 0.717) is 19.6 Å². The first-order valence-corrected chi connectivity index (χ1v) is 6.82. The molecule has 1 amide bonds. The van der Waals surface area contributed by atoms with Crippen LogP contribution < -0.4 is 5.73 Å². The molecule has 0 bridgehead atoms. The molecule has 1 aliphatic heterocycles. The van der Waals surface area contributed by atoms with Gasteiger partial charge in [-0.2, -0.15) is 0 Å². The van der Waals surface area contributed by atoms with Gasteiger partial charge in [-0.1, -0.05) is 13.3 Å². The van der Waals surface area contributed by atoms with Crippen LogP contribution in [0.25, 0.3) is 0 Å². The van der Waals surface area contributed by atoms with Crippen molar-refractivity contribution in [3.8, 4) is 0 Å². The predicted octanol–water partition coefficient (Wildman–Crippen LogP) is 0.0289. The van der Waals surface area contributed by atoms with Crippen molar-refractivity contribution in [1.29, 1.82) is 0 Å². The highest BCUT2D eigenvalue weighted by Crippen LogP contribution is 2.10. The zero-order chi connectivity index (χ0) is 13.8. The summed E-state index contributed by atoms with van der Waals surface area (Å²) in [4.78, 5) is 16.1. The Morgan fingerprint density at radius 1 is 1.33 bits per heavy atom. The number of nitrogens with zero attached hydrogens (tertiary/aromatic N) is 2. The summed E-state index contributed by atoms with van der Waals surface area (Å²) in [5.41, 5.74) is 5.17. The number of carbonyl (C=O) groups is 1. The molecule has 1 aliphatic rings. The molecule has 0 aliphatic carbocycles. The SMILES string of the molecule is CCC[C@@H](N)C(=O)N1CCN(CC(C)(C)O)CC1. The van der Waals surface area contributed by atoms with Crippen LogP contribution in [-0.2, 0) is 4.79 Å². The van der Waals surface area contributed by atoms with Gasteiger partial charge in [0.15, 0.2) is 0 Å². The minimum Gasteiger partial charge on any atom is -0.389 e. The minimum absolute atomic E-state index is 0.0692. The van der Waals surface area contributed by atoms with Gasteiger partial charge in [0.25, 0.3) is 0 Å². The number of aliphatic hydroxyl groups is 1. The van der Waals surface area contributed by atoms with Crippen molar-refractivity contribution in [3.63, 3.8) is 0 Å². The molecular weight excluding hydrogens is 230 g/mol. The van der Waals surface area contributed by atoms with E-state index < -0.39 is 5.60 Å². The number of rotatable bonds is 5. The highest BCUT2D eigenvalue weighted by atomic mass is 16.3. The lowest BCUT2D eigenvalue weighted by atomic mass is 10.1. The Morgan fingerprint density at radius 3 is 2.33 bits per heavy atom. The molecule has 0 saturated carbocycles. The third-order valence-electron chi connectivity index (χ3n) is 3.21. The van der Waals surface area contributed by atoms with Crippen molar-refractivity contribution >= 4 is 5.91 Å². The third-order valence-corrected chi connectivity index (χ3v) is 3.21. The molecule has 3 N–H and O–H groups in total. The monoisotopic (exact) mass is 257 g/mol. The van der Waals surface area contributed by atoms with Crippen LogP contribution in [0.15, 0.2) is 0 Å². The summed E-state index contributed by atoms with van der Waals surface area (Å²) in [7, 11) is 0. The van der Waals surface area contributed by atoms with E-state index >= 15 is 0 Å². The molecule has 0 radical (unpaired) electrons. The second-order valence-corrected chi connectivity index (χ2v) is 5.81. The van der Waals surface area contributed by atoms with Gasteiger partial charge in [-0.3, -0.25) is 9.69 Å². The largest absolute Gasteiger partial charge is 0.389 e. The lowest BCUT2D eigenvalue weighted by Gasteiger charge is -2.38. The molecule has 1 saturated heterocycles. The molecule has 0 aromatic carbocycles. The first kappa shape index (κ1) is 15.4. The van der Waals surface area contributed by atoms with Crippen LogP contribution in [-0.4, -0.2) is 65.2 Å². The molecule has 1 atom stereocenters. The Morgan fingerprint density at radius 2 is 1.89 bits per heavy atom. The maximum absolute atomic E-state index is 12.0. The zero-order valence-electron chi connectivity index (χ0n) is 11.9. The van der Waals surface area contributed by atoms with Gasteiger partial charge in [0.05, 0.1) is 11.6 Å². The van der Waals surface area contributed by atoms with Crippen molar-refractivity contribution in [2.24, 2.45) is 5.73 Å². The highest BCUT2D eigenvalue weighted by Gasteiger charge is 2.26. The van der Waals surface area contributed by atoms with Gasteiger partial charge in [0, 0.05) is 32.7 Å². The number of piperazine rings is 1. The van der Waals surface area contributed by atoms with Crippen molar-refractivity contribution < 1.29 is 9.90 Å². The molecule has 0 aromatic heterocycles. The van der Waals surface area contributed by atoms with Crippen LogP contribution in [0.2, 0.25) is 0 Å². The Bertz CT molecular complexity index is 268. The fourth-order valence-corrected chi connectivity index (χ4v) is 2.34. The Balaban J connectivity index is 2.37. The summed E-state index contributed by atoms with van der Waals surface area (Å²) in [6.07, 6.45) is 1.69. The predicted molar refractivity (Wildman–Crippen MR) is 72.2 cm³/mol. The van der Waals surface area contributed by atoms with Crippen molar-refractivity contribution in [3.05, 3.63) is 0 Å². The van der Waals surface area contributed by atoms with Crippen LogP contribution in [0.1, 0.15) is 33.6 Å². The van der Waals surface area contributed by atoms with E-state index in [4.69, 9.17) is 5.73 Å². The van der Waals surface area contributed by atoms with Crippen LogP contribution in [0.4, 0.5) is 0 Å². The summed E-state index contributed by atoms with van der Waals surface area (Å²) < 4.78 is 0. The number of hydrogen-bond donors (Lipinski definition) is 2. The van der Waals surface area contributed by atoms with Crippen LogP contribution in [0.5, 0.6) is 0 Å². The van der Waals surface area contributed by atoms with Gasteiger partial charge in [-0.15, -0.1) is 0 Å². The van der Waals surface area contributed by atoms with E-state index in [9.17, 15) is 9.90 Å². The summed E-state index contributed by atoms with van der Waals surface area (Å²) in [6, 6.07) is -0.351. The second-order valence-electron chi connectivity index (χ2n) is 5.81. The van der Waals surface area contributed by atoms with Gasteiger partial charge < -0.3 is 15.7 Å². The molecule has 1 heterocycles. The van der Waals surface area contributed by atoms with E-state index in [1.807, 2.05) is 25.7 Å². The first-order chi connectivity index (χ1) is 8.33. The molecule has 1 fully saturated rings. The molecule has 106 valence electrons. The van der Waals surface area contributed by atoms with Gasteiger partial charge in [-0.05, 0) is 20.3 Å². The molecular formula is C13H27N3O2. The minimum atomic E-state index is -0.676. The molecule has 5 nitrogen and oxygen atoms in total. The first-order valence-electron chi connectivity index (χ1n) is 6.82. The normalized spacial score (nSPS) is 19.9. The van der Waals surface area contributed by atoms with Crippen molar-refractivity contribution in [1.82, 2.24) is 9.80 Å². The average molecular weight is 257 g/mol.